The monoisotopic (exact) mass is 533 g/mol. The Morgan fingerprint density at radius 2 is 1.90 bits per heavy atom. The first-order valence-electron chi connectivity index (χ1n) is 9.76. The molecule has 0 aliphatic heterocycles. The number of rotatable bonds is 8. The molecular weight excluding hydrogens is 501 g/mol. The lowest BCUT2D eigenvalue weighted by Crippen LogP contribution is -2.43. The van der Waals surface area contributed by atoms with E-state index in [0.29, 0.717) is 11.6 Å². The highest BCUT2D eigenvalue weighted by atomic mass is 127. The molecule has 0 fully saturated rings. The Balaban J connectivity index is 0.00000420. The molecule has 0 saturated carbocycles. The van der Waals surface area contributed by atoms with Gasteiger partial charge in [-0.1, -0.05) is 11.6 Å². The van der Waals surface area contributed by atoms with Crippen LogP contribution < -0.4 is 15.4 Å². The van der Waals surface area contributed by atoms with E-state index < -0.39 is 0 Å². The first-order chi connectivity index (χ1) is 13.3. The molecule has 2 aromatic rings. The van der Waals surface area contributed by atoms with Crippen LogP contribution in [0.25, 0.3) is 0 Å². The Hall–Kier alpha value is -1.48. The number of halogens is 2. The Morgan fingerprint density at radius 3 is 2.45 bits per heavy atom. The quantitative estimate of drug-likeness (QED) is 0.302. The van der Waals surface area contributed by atoms with E-state index in [0.717, 1.165) is 30.4 Å². The van der Waals surface area contributed by atoms with Crippen molar-refractivity contribution in [2.24, 2.45) is 12.0 Å². The van der Waals surface area contributed by atoms with Gasteiger partial charge >= 0.3 is 0 Å². The topological polar surface area (TPSA) is 63.5 Å². The molecule has 0 aliphatic carbocycles. The highest BCUT2D eigenvalue weighted by molar-refractivity contribution is 14.0. The summed E-state index contributed by atoms with van der Waals surface area (Å²) in [6.07, 6.45) is 0.849. The second-order valence-electron chi connectivity index (χ2n) is 7.12. The summed E-state index contributed by atoms with van der Waals surface area (Å²) in [5.41, 5.74) is 3.58. The van der Waals surface area contributed by atoms with Crippen LogP contribution in [0.1, 0.15) is 37.7 Å². The van der Waals surface area contributed by atoms with Gasteiger partial charge in [-0.05, 0) is 70.9 Å². The van der Waals surface area contributed by atoms with Crippen molar-refractivity contribution >= 4 is 41.5 Å². The van der Waals surface area contributed by atoms with Crippen molar-refractivity contribution < 1.29 is 4.74 Å². The van der Waals surface area contributed by atoms with Crippen LogP contribution in [0.4, 0.5) is 0 Å². The molecule has 0 radical (unpaired) electrons. The van der Waals surface area contributed by atoms with Crippen molar-refractivity contribution in [1.29, 1.82) is 0 Å². The Labute approximate surface area is 196 Å². The molecule has 2 unspecified atom stereocenters. The number of hydrogen-bond donors (Lipinski definition) is 2. The lowest BCUT2D eigenvalue weighted by Gasteiger charge is -2.19. The fraction of sp³-hybridized carbons (Fsp3) is 0.524. The molecule has 2 atom stereocenters. The van der Waals surface area contributed by atoms with Crippen LogP contribution in [-0.2, 0) is 13.5 Å². The Kier molecular flexibility index (Phi) is 10.8. The van der Waals surface area contributed by atoms with Crippen molar-refractivity contribution in [2.45, 2.75) is 53.2 Å². The van der Waals surface area contributed by atoms with E-state index in [1.165, 1.54) is 11.3 Å². The molecular formula is C21H33ClIN5O. The average Bonchev–Trinajstić information content (AvgIpc) is 2.88. The summed E-state index contributed by atoms with van der Waals surface area (Å²) in [5.74, 6) is 1.58. The zero-order valence-electron chi connectivity index (χ0n) is 18.1. The summed E-state index contributed by atoms with van der Waals surface area (Å²) in [6.45, 7) is 11.7. The van der Waals surface area contributed by atoms with Gasteiger partial charge in [-0.15, -0.1) is 24.0 Å². The molecule has 0 spiro atoms. The highest BCUT2D eigenvalue weighted by Crippen LogP contribution is 2.17. The summed E-state index contributed by atoms with van der Waals surface area (Å²) in [5, 5.41) is 12.0. The number of guanidine groups is 1. The molecule has 29 heavy (non-hydrogen) atoms. The van der Waals surface area contributed by atoms with Crippen molar-refractivity contribution in [3.05, 3.63) is 46.2 Å². The first kappa shape index (κ1) is 25.6. The highest BCUT2D eigenvalue weighted by Gasteiger charge is 2.14. The second kappa shape index (κ2) is 12.3. The number of hydrogen-bond acceptors (Lipinski definition) is 3. The standard InChI is InChI=1S/C21H32ClN5O.HI/c1-7-23-21(24-13-15(3)28-19-10-8-18(22)9-11-19)25-14(2)12-20-16(4)26-27(6)17(20)5;/h8-11,14-15H,7,12-13H2,1-6H3,(H2,23,24,25);1H. The first-order valence-corrected chi connectivity index (χ1v) is 10.1. The second-order valence-corrected chi connectivity index (χ2v) is 7.56. The molecule has 6 nitrogen and oxygen atoms in total. The van der Waals surface area contributed by atoms with Crippen LogP contribution in [0.2, 0.25) is 5.02 Å². The molecule has 2 rings (SSSR count). The summed E-state index contributed by atoms with van der Waals surface area (Å²) in [7, 11) is 1.98. The van der Waals surface area contributed by atoms with E-state index in [4.69, 9.17) is 16.3 Å². The zero-order chi connectivity index (χ0) is 20.7. The number of nitrogens with zero attached hydrogens (tertiary/aromatic N) is 3. The van der Waals surface area contributed by atoms with E-state index in [1.54, 1.807) is 0 Å². The minimum Gasteiger partial charge on any atom is -0.489 e. The summed E-state index contributed by atoms with van der Waals surface area (Å²) in [6, 6.07) is 7.61. The van der Waals surface area contributed by atoms with Gasteiger partial charge in [0.05, 0.1) is 12.2 Å². The molecule has 0 amide bonds. The van der Waals surface area contributed by atoms with Crippen LogP contribution in [-0.4, -0.2) is 41.0 Å². The molecule has 1 aromatic carbocycles. The van der Waals surface area contributed by atoms with Crippen LogP contribution in [0, 0.1) is 13.8 Å². The van der Waals surface area contributed by atoms with Crippen molar-refractivity contribution in [3.8, 4) is 5.75 Å². The largest absolute Gasteiger partial charge is 0.489 e. The minimum atomic E-state index is -0.0465. The fourth-order valence-electron chi connectivity index (χ4n) is 3.03. The van der Waals surface area contributed by atoms with Crippen molar-refractivity contribution in [2.75, 3.05) is 13.1 Å². The number of ether oxygens (including phenoxy) is 1. The molecule has 2 N–H and O–H groups in total. The van der Waals surface area contributed by atoms with E-state index in [-0.39, 0.29) is 36.1 Å². The van der Waals surface area contributed by atoms with Gasteiger partial charge < -0.3 is 15.4 Å². The number of benzene rings is 1. The lowest BCUT2D eigenvalue weighted by atomic mass is 10.1. The van der Waals surface area contributed by atoms with Crippen molar-refractivity contribution in [3.63, 3.8) is 0 Å². The average molecular weight is 534 g/mol. The van der Waals surface area contributed by atoms with Gasteiger partial charge in [0.15, 0.2) is 5.96 Å². The van der Waals surface area contributed by atoms with Crippen LogP contribution in [0.15, 0.2) is 29.3 Å². The van der Waals surface area contributed by atoms with E-state index >= 15 is 0 Å². The fourth-order valence-corrected chi connectivity index (χ4v) is 3.15. The normalized spacial score (nSPS) is 13.4. The predicted octanol–water partition coefficient (Wildman–Crippen LogP) is 4.26. The van der Waals surface area contributed by atoms with Gasteiger partial charge in [0.1, 0.15) is 11.9 Å². The van der Waals surface area contributed by atoms with Crippen LogP contribution >= 0.6 is 35.6 Å². The lowest BCUT2D eigenvalue weighted by molar-refractivity contribution is 0.230. The van der Waals surface area contributed by atoms with Gasteiger partial charge in [0.2, 0.25) is 0 Å². The van der Waals surface area contributed by atoms with Gasteiger partial charge in [0.25, 0.3) is 0 Å². The summed E-state index contributed by atoms with van der Waals surface area (Å²) in [4.78, 5) is 4.68. The van der Waals surface area contributed by atoms with Crippen LogP contribution in [0.3, 0.4) is 0 Å². The maximum absolute atomic E-state index is 5.91. The third-order valence-corrected chi connectivity index (χ3v) is 4.81. The zero-order valence-corrected chi connectivity index (χ0v) is 21.2. The van der Waals surface area contributed by atoms with E-state index in [9.17, 15) is 0 Å². The third-order valence-electron chi connectivity index (χ3n) is 4.55. The van der Waals surface area contributed by atoms with Gasteiger partial charge in [0, 0.05) is 30.4 Å². The number of nitrogens with one attached hydrogen (secondary N) is 2. The summed E-state index contributed by atoms with van der Waals surface area (Å²) >= 11 is 5.91. The van der Waals surface area contributed by atoms with Gasteiger partial charge in [-0.2, -0.15) is 5.10 Å². The SMILES string of the molecule is CCNC(=NCC(C)Oc1ccc(Cl)cc1)NC(C)Cc1c(C)nn(C)c1C.I. The predicted molar refractivity (Wildman–Crippen MR) is 132 cm³/mol. The molecule has 162 valence electrons. The molecule has 1 heterocycles. The Bertz CT molecular complexity index is 791. The summed E-state index contributed by atoms with van der Waals surface area (Å²) < 4.78 is 7.84. The number of aromatic nitrogens is 2. The van der Waals surface area contributed by atoms with Crippen molar-refractivity contribution in [1.82, 2.24) is 20.4 Å². The van der Waals surface area contributed by atoms with E-state index in [1.807, 2.05) is 42.9 Å². The number of aliphatic imine (C=N–C) groups is 1. The maximum Gasteiger partial charge on any atom is 0.191 e. The molecule has 1 aromatic heterocycles. The maximum atomic E-state index is 5.91. The van der Waals surface area contributed by atoms with Gasteiger partial charge in [-0.25, -0.2) is 4.99 Å². The third kappa shape index (κ3) is 8.04. The molecule has 0 aliphatic rings. The number of aryl methyl sites for hydroxylation is 2. The molecule has 0 saturated heterocycles. The minimum absolute atomic E-state index is 0. The molecule has 8 heteroatoms. The van der Waals surface area contributed by atoms with Gasteiger partial charge in [-0.3, -0.25) is 4.68 Å². The van der Waals surface area contributed by atoms with E-state index in [2.05, 4.69) is 48.4 Å². The smallest absolute Gasteiger partial charge is 0.191 e. The molecule has 0 bridgehead atoms. The Morgan fingerprint density at radius 1 is 1.24 bits per heavy atom. The van der Waals surface area contributed by atoms with Crippen LogP contribution in [0.5, 0.6) is 5.75 Å².